The Bertz CT molecular complexity index is 629. The Morgan fingerprint density at radius 3 is 0.714 bits per heavy atom. The van der Waals surface area contributed by atoms with Crippen LogP contribution < -0.4 is 0 Å². The van der Waals surface area contributed by atoms with E-state index < -0.39 is 14.8 Å². The number of carbonyl (C=O) groups is 1. The van der Waals surface area contributed by atoms with Gasteiger partial charge in [0.15, 0.2) is 0 Å². The normalized spacial score (nSPS) is 11.9. The molecule has 0 heterocycles. The first-order valence-corrected chi connectivity index (χ1v) is 24.2. The highest BCUT2D eigenvalue weighted by atomic mass is 28.4. The van der Waals surface area contributed by atoms with Gasteiger partial charge in [0.25, 0.3) is 0 Å². The van der Waals surface area contributed by atoms with E-state index in [0.29, 0.717) is 26.2 Å². The zero-order valence-corrected chi connectivity index (χ0v) is 34.7. The fraction of sp³-hybridized carbons (Fsp3) is 0.977. The fourth-order valence-electron chi connectivity index (χ4n) is 7.28. The first kappa shape index (κ1) is 48.6. The van der Waals surface area contributed by atoms with Gasteiger partial charge in [-0.3, -0.25) is 4.79 Å². The summed E-state index contributed by atoms with van der Waals surface area (Å²) < 4.78 is 17.9. The molecule has 0 unspecified atom stereocenters. The number of carboxylic acid groups (broad SMARTS) is 1. The molecule has 0 radical (unpaired) electrons. The molecule has 0 aromatic heterocycles. The number of aliphatic carboxylic acids is 1. The van der Waals surface area contributed by atoms with E-state index in [0.717, 1.165) is 18.9 Å². The second-order valence-electron chi connectivity index (χ2n) is 14.9. The van der Waals surface area contributed by atoms with Gasteiger partial charge < -0.3 is 18.4 Å². The van der Waals surface area contributed by atoms with Crippen LogP contribution in [0.15, 0.2) is 0 Å². The van der Waals surface area contributed by atoms with Crippen LogP contribution in [-0.4, -0.2) is 39.7 Å². The molecule has 0 atom stereocenters. The van der Waals surface area contributed by atoms with Gasteiger partial charge in [0.05, 0.1) is 0 Å². The molecule has 0 rings (SSSR count). The van der Waals surface area contributed by atoms with Crippen molar-refractivity contribution in [2.45, 2.75) is 252 Å². The van der Waals surface area contributed by atoms with Crippen molar-refractivity contribution < 1.29 is 23.2 Å². The third-order valence-electron chi connectivity index (χ3n) is 10.2. The fourth-order valence-corrected chi connectivity index (χ4v) is 9.96. The van der Waals surface area contributed by atoms with Crippen molar-refractivity contribution in [3.8, 4) is 0 Å². The van der Waals surface area contributed by atoms with Gasteiger partial charge in [0, 0.05) is 32.3 Å². The Morgan fingerprint density at radius 2 is 0.531 bits per heavy atom. The molecule has 0 bridgehead atoms. The highest BCUT2D eigenvalue weighted by molar-refractivity contribution is 6.60. The van der Waals surface area contributed by atoms with Crippen LogP contribution in [0.2, 0.25) is 6.04 Å². The van der Waals surface area contributed by atoms with Gasteiger partial charge in [-0.25, -0.2) is 0 Å². The molecule has 6 heteroatoms. The van der Waals surface area contributed by atoms with Crippen LogP contribution in [0.1, 0.15) is 245 Å². The zero-order chi connectivity index (χ0) is 35.8. The summed E-state index contributed by atoms with van der Waals surface area (Å²) in [5.41, 5.74) is 0. The van der Waals surface area contributed by atoms with Gasteiger partial charge in [-0.2, -0.15) is 0 Å². The predicted molar refractivity (Wildman–Crippen MR) is 215 cm³/mol. The molecule has 294 valence electrons. The molecule has 5 nitrogen and oxygen atoms in total. The predicted octanol–water partition coefficient (Wildman–Crippen LogP) is 14.8. The smallest absolute Gasteiger partial charge is 0.481 e. The summed E-state index contributed by atoms with van der Waals surface area (Å²) in [6.07, 6.45) is 47.2. The molecule has 0 aliphatic heterocycles. The molecule has 1 N–H and O–H groups in total. The number of rotatable bonds is 43. The van der Waals surface area contributed by atoms with E-state index in [4.69, 9.17) is 18.4 Å². The Morgan fingerprint density at radius 1 is 0.347 bits per heavy atom. The summed E-state index contributed by atoms with van der Waals surface area (Å²) >= 11 is 0. The summed E-state index contributed by atoms with van der Waals surface area (Å²) in [7, 11) is -2.43. The third-order valence-corrected chi connectivity index (χ3v) is 13.4. The molecular formula is C43H88O5Si. The van der Waals surface area contributed by atoms with Crippen LogP contribution in [0.5, 0.6) is 0 Å². The Kier molecular flexibility index (Phi) is 40.0. The van der Waals surface area contributed by atoms with Crippen molar-refractivity contribution in [2.75, 3.05) is 19.8 Å². The minimum Gasteiger partial charge on any atom is -0.481 e. The minimum atomic E-state index is -2.43. The van der Waals surface area contributed by atoms with Crippen LogP contribution in [0.4, 0.5) is 0 Å². The van der Waals surface area contributed by atoms with E-state index in [-0.39, 0.29) is 0 Å². The van der Waals surface area contributed by atoms with E-state index >= 15 is 0 Å². The standard InChI is InChI=1S/C43H88O5Si/c1-4-46-49(47-5-2,48-6-3)42-40-38-36-34-32-30-28-26-24-22-20-18-16-14-12-10-8-7-9-11-13-15-17-19-21-23-25-27-29-31-33-35-37-39-41-43(44)45/h4-42H2,1-3H3,(H,44,45). The first-order chi connectivity index (χ1) is 24.1. The van der Waals surface area contributed by atoms with E-state index in [2.05, 4.69) is 0 Å². The lowest BCUT2D eigenvalue weighted by Gasteiger charge is -2.28. The number of hydrogen-bond donors (Lipinski definition) is 1. The van der Waals surface area contributed by atoms with E-state index in [1.165, 1.54) is 205 Å². The largest absolute Gasteiger partial charge is 0.500 e. The van der Waals surface area contributed by atoms with Crippen LogP contribution in [0.3, 0.4) is 0 Å². The molecule has 0 aromatic rings. The molecule has 49 heavy (non-hydrogen) atoms. The van der Waals surface area contributed by atoms with E-state index in [1.807, 2.05) is 20.8 Å². The Hall–Kier alpha value is -0.433. The van der Waals surface area contributed by atoms with Gasteiger partial charge >= 0.3 is 14.8 Å². The summed E-state index contributed by atoms with van der Waals surface area (Å²) in [6.45, 7) is 8.17. The topological polar surface area (TPSA) is 65.0 Å². The maximum absolute atomic E-state index is 10.5. The van der Waals surface area contributed by atoms with Crippen molar-refractivity contribution in [1.82, 2.24) is 0 Å². The molecule has 0 aliphatic carbocycles. The Balaban J connectivity index is 3.21. The van der Waals surface area contributed by atoms with Crippen LogP contribution in [-0.2, 0) is 18.1 Å². The van der Waals surface area contributed by atoms with Gasteiger partial charge in [0.2, 0.25) is 0 Å². The van der Waals surface area contributed by atoms with Crippen LogP contribution in [0, 0.1) is 0 Å². The van der Waals surface area contributed by atoms with Crippen LogP contribution >= 0.6 is 0 Å². The average Bonchev–Trinajstić information content (AvgIpc) is 3.08. The van der Waals surface area contributed by atoms with Crippen molar-refractivity contribution in [3.63, 3.8) is 0 Å². The molecule has 0 saturated carbocycles. The molecule has 0 spiro atoms. The number of unbranched alkanes of at least 4 members (excludes halogenated alkanes) is 33. The molecule has 0 aliphatic rings. The van der Waals surface area contributed by atoms with Gasteiger partial charge in [0.1, 0.15) is 0 Å². The third kappa shape index (κ3) is 37.1. The quantitative estimate of drug-likeness (QED) is 0.0503. The van der Waals surface area contributed by atoms with Gasteiger partial charge in [-0.1, -0.05) is 205 Å². The summed E-state index contributed by atoms with van der Waals surface area (Å²) in [5.74, 6) is -0.650. The van der Waals surface area contributed by atoms with Crippen molar-refractivity contribution >= 4 is 14.8 Å². The Labute approximate surface area is 308 Å². The van der Waals surface area contributed by atoms with Gasteiger partial charge in [-0.05, 0) is 33.6 Å². The second kappa shape index (κ2) is 40.3. The maximum Gasteiger partial charge on any atom is 0.500 e. The van der Waals surface area contributed by atoms with Crippen molar-refractivity contribution in [3.05, 3.63) is 0 Å². The molecule has 0 fully saturated rings. The van der Waals surface area contributed by atoms with Crippen LogP contribution in [0.25, 0.3) is 0 Å². The molecule has 0 aromatic carbocycles. The SMILES string of the molecule is CCO[Si](CCCCCCCCCCCCCCCCCCCCCCCCCCCCCCCCCCCCC(=O)O)(OCC)OCC. The lowest BCUT2D eigenvalue weighted by molar-refractivity contribution is -0.137. The van der Waals surface area contributed by atoms with E-state index in [9.17, 15) is 4.79 Å². The second-order valence-corrected chi connectivity index (χ2v) is 17.6. The first-order valence-electron chi connectivity index (χ1n) is 22.2. The number of carboxylic acids is 1. The van der Waals surface area contributed by atoms with Crippen molar-refractivity contribution in [2.24, 2.45) is 0 Å². The number of hydrogen-bond acceptors (Lipinski definition) is 4. The molecule has 0 saturated heterocycles. The summed E-state index contributed by atoms with van der Waals surface area (Å²) in [4.78, 5) is 10.5. The molecular weight excluding hydrogens is 625 g/mol. The average molecular weight is 713 g/mol. The molecule has 0 amide bonds. The highest BCUT2D eigenvalue weighted by Crippen LogP contribution is 2.21. The van der Waals surface area contributed by atoms with Crippen molar-refractivity contribution in [1.29, 1.82) is 0 Å². The summed E-state index contributed by atoms with van der Waals surface area (Å²) in [6, 6.07) is 0.968. The monoisotopic (exact) mass is 713 g/mol. The van der Waals surface area contributed by atoms with E-state index in [1.54, 1.807) is 0 Å². The maximum atomic E-state index is 10.5. The van der Waals surface area contributed by atoms with Gasteiger partial charge in [-0.15, -0.1) is 0 Å². The minimum absolute atomic E-state index is 0.343. The lowest BCUT2D eigenvalue weighted by atomic mass is 10.0. The highest BCUT2D eigenvalue weighted by Gasteiger charge is 2.39. The zero-order valence-electron chi connectivity index (χ0n) is 33.7. The lowest BCUT2D eigenvalue weighted by Crippen LogP contribution is -2.45. The summed E-state index contributed by atoms with van der Waals surface area (Å²) in [5, 5.41) is 8.66.